The number of benzene rings is 1. The van der Waals surface area contributed by atoms with E-state index in [0.717, 1.165) is 35.7 Å². The minimum atomic E-state index is 0.0500. The lowest BCUT2D eigenvalue weighted by atomic mass is 9.74. The Morgan fingerprint density at radius 2 is 2.17 bits per heavy atom. The van der Waals surface area contributed by atoms with E-state index in [9.17, 15) is 4.79 Å². The topological polar surface area (TPSA) is 44.9 Å². The fraction of sp³-hybridized carbons (Fsp3) is 0.400. The van der Waals surface area contributed by atoms with Gasteiger partial charge in [-0.25, -0.2) is 0 Å². The van der Waals surface area contributed by atoms with Crippen LogP contribution in [-0.4, -0.2) is 16.4 Å². The zero-order valence-electron chi connectivity index (χ0n) is 10.6. The third-order valence-electron chi connectivity index (χ3n) is 4.20. The Kier molecular flexibility index (Phi) is 2.62. The van der Waals surface area contributed by atoms with Crippen molar-refractivity contribution in [2.75, 3.05) is 0 Å². The van der Waals surface area contributed by atoms with Crippen LogP contribution in [0.25, 0.3) is 10.9 Å². The van der Waals surface area contributed by atoms with Crippen molar-refractivity contribution in [3.8, 4) is 0 Å². The Morgan fingerprint density at radius 1 is 1.39 bits per heavy atom. The van der Waals surface area contributed by atoms with Crippen molar-refractivity contribution < 1.29 is 4.79 Å². The molecule has 0 spiro atoms. The molecule has 18 heavy (non-hydrogen) atoms. The van der Waals surface area contributed by atoms with E-state index >= 15 is 0 Å². The standard InChI is InChI=1S/C15H18N2O/c1-2-15(8-5-9-15)17-14(18)12-10-16-13-7-4-3-6-11(12)13/h3-4,6-7,10,16H,2,5,8-9H2,1H3,(H,17,18). The van der Waals surface area contributed by atoms with Gasteiger partial charge in [-0.2, -0.15) is 0 Å². The van der Waals surface area contributed by atoms with Crippen LogP contribution in [0.3, 0.4) is 0 Å². The van der Waals surface area contributed by atoms with Gasteiger partial charge in [0.15, 0.2) is 0 Å². The average molecular weight is 242 g/mol. The SMILES string of the molecule is CCC1(NC(=O)c2c[nH]c3ccccc23)CCC1. The van der Waals surface area contributed by atoms with Gasteiger partial charge in [-0.15, -0.1) is 0 Å². The predicted molar refractivity (Wildman–Crippen MR) is 72.6 cm³/mol. The molecule has 0 unspecified atom stereocenters. The van der Waals surface area contributed by atoms with E-state index in [1.165, 1.54) is 6.42 Å². The lowest BCUT2D eigenvalue weighted by Crippen LogP contribution is -2.52. The van der Waals surface area contributed by atoms with Crippen molar-refractivity contribution in [3.05, 3.63) is 36.0 Å². The molecule has 1 saturated carbocycles. The lowest BCUT2D eigenvalue weighted by molar-refractivity contribution is 0.0822. The number of para-hydroxylation sites is 1. The number of carbonyl (C=O) groups is 1. The summed E-state index contributed by atoms with van der Waals surface area (Å²) in [6, 6.07) is 7.91. The number of aromatic amines is 1. The Balaban J connectivity index is 1.88. The molecule has 1 aromatic carbocycles. The van der Waals surface area contributed by atoms with Gasteiger partial charge >= 0.3 is 0 Å². The van der Waals surface area contributed by atoms with E-state index in [1.54, 1.807) is 0 Å². The molecule has 2 N–H and O–H groups in total. The number of nitrogens with one attached hydrogen (secondary N) is 2. The number of hydrogen-bond donors (Lipinski definition) is 2. The normalized spacial score (nSPS) is 17.4. The predicted octanol–water partition coefficient (Wildman–Crippen LogP) is 3.23. The molecule has 1 aliphatic carbocycles. The molecule has 3 heteroatoms. The zero-order chi connectivity index (χ0) is 12.6. The second-order valence-corrected chi connectivity index (χ2v) is 5.19. The quantitative estimate of drug-likeness (QED) is 0.852. The van der Waals surface area contributed by atoms with Crippen LogP contribution in [0.2, 0.25) is 0 Å². The van der Waals surface area contributed by atoms with Crippen molar-refractivity contribution in [2.24, 2.45) is 0 Å². The third kappa shape index (κ3) is 1.70. The zero-order valence-corrected chi connectivity index (χ0v) is 10.6. The molecule has 1 heterocycles. The lowest BCUT2D eigenvalue weighted by Gasteiger charge is -2.42. The fourth-order valence-electron chi connectivity index (χ4n) is 2.74. The highest BCUT2D eigenvalue weighted by Crippen LogP contribution is 2.35. The minimum absolute atomic E-state index is 0.0500. The highest BCUT2D eigenvalue weighted by atomic mass is 16.1. The summed E-state index contributed by atoms with van der Waals surface area (Å²) in [5, 5.41) is 4.22. The van der Waals surface area contributed by atoms with Crippen molar-refractivity contribution in [1.82, 2.24) is 10.3 Å². The van der Waals surface area contributed by atoms with Gasteiger partial charge in [0.1, 0.15) is 0 Å². The molecular formula is C15H18N2O. The number of amides is 1. The summed E-state index contributed by atoms with van der Waals surface area (Å²) in [6.07, 6.45) is 6.26. The average Bonchev–Trinajstić information content (AvgIpc) is 2.77. The summed E-state index contributed by atoms with van der Waals surface area (Å²) in [6.45, 7) is 2.15. The van der Waals surface area contributed by atoms with Crippen LogP contribution in [0.5, 0.6) is 0 Å². The van der Waals surface area contributed by atoms with Gasteiger partial charge in [-0.1, -0.05) is 25.1 Å². The first-order valence-corrected chi connectivity index (χ1v) is 6.63. The van der Waals surface area contributed by atoms with Crippen LogP contribution >= 0.6 is 0 Å². The largest absolute Gasteiger partial charge is 0.360 e. The maximum absolute atomic E-state index is 12.4. The van der Waals surface area contributed by atoms with Gasteiger partial charge in [0, 0.05) is 22.6 Å². The van der Waals surface area contributed by atoms with E-state index in [4.69, 9.17) is 0 Å². The van der Waals surface area contributed by atoms with Crippen LogP contribution in [0.4, 0.5) is 0 Å². The van der Waals surface area contributed by atoms with Crippen LogP contribution in [0, 0.1) is 0 Å². The fourth-order valence-corrected chi connectivity index (χ4v) is 2.74. The summed E-state index contributed by atoms with van der Waals surface area (Å²) in [5.41, 5.74) is 1.82. The van der Waals surface area contributed by atoms with E-state index < -0.39 is 0 Å². The van der Waals surface area contributed by atoms with E-state index in [2.05, 4.69) is 17.2 Å². The van der Waals surface area contributed by atoms with Crippen molar-refractivity contribution in [1.29, 1.82) is 0 Å². The Hall–Kier alpha value is -1.77. The van der Waals surface area contributed by atoms with Crippen LogP contribution in [0.15, 0.2) is 30.5 Å². The Morgan fingerprint density at radius 3 is 2.83 bits per heavy atom. The molecule has 0 saturated heterocycles. The van der Waals surface area contributed by atoms with Crippen molar-refractivity contribution >= 4 is 16.8 Å². The number of rotatable bonds is 3. The maximum atomic E-state index is 12.4. The summed E-state index contributed by atoms with van der Waals surface area (Å²) < 4.78 is 0. The second-order valence-electron chi connectivity index (χ2n) is 5.19. The van der Waals surface area contributed by atoms with Crippen LogP contribution in [0.1, 0.15) is 43.0 Å². The molecule has 3 nitrogen and oxygen atoms in total. The first kappa shape index (κ1) is 11.3. The summed E-state index contributed by atoms with van der Waals surface area (Å²) >= 11 is 0. The maximum Gasteiger partial charge on any atom is 0.253 e. The molecule has 0 aliphatic heterocycles. The van der Waals surface area contributed by atoms with E-state index in [1.807, 2.05) is 30.5 Å². The highest BCUT2D eigenvalue weighted by molar-refractivity contribution is 6.06. The number of hydrogen-bond acceptors (Lipinski definition) is 1. The Labute approximate surface area is 107 Å². The molecular weight excluding hydrogens is 224 g/mol. The number of H-pyrrole nitrogens is 1. The summed E-state index contributed by atoms with van der Waals surface area (Å²) in [4.78, 5) is 15.5. The van der Waals surface area contributed by atoms with Crippen LogP contribution in [-0.2, 0) is 0 Å². The number of fused-ring (bicyclic) bond motifs is 1. The first-order valence-electron chi connectivity index (χ1n) is 6.63. The molecule has 0 radical (unpaired) electrons. The molecule has 1 fully saturated rings. The number of carbonyl (C=O) groups excluding carboxylic acids is 1. The summed E-state index contributed by atoms with van der Waals surface area (Å²) in [7, 11) is 0. The molecule has 2 aromatic rings. The summed E-state index contributed by atoms with van der Waals surface area (Å²) in [5.74, 6) is 0.0500. The van der Waals surface area contributed by atoms with Gasteiger partial charge < -0.3 is 10.3 Å². The highest BCUT2D eigenvalue weighted by Gasteiger charge is 2.36. The molecule has 3 rings (SSSR count). The number of aromatic nitrogens is 1. The minimum Gasteiger partial charge on any atom is -0.360 e. The van der Waals surface area contributed by atoms with Gasteiger partial charge in [0.2, 0.25) is 0 Å². The molecule has 0 bridgehead atoms. The smallest absolute Gasteiger partial charge is 0.253 e. The van der Waals surface area contributed by atoms with Gasteiger partial charge in [-0.3, -0.25) is 4.79 Å². The molecule has 1 aliphatic rings. The first-order chi connectivity index (χ1) is 8.74. The van der Waals surface area contributed by atoms with Gasteiger partial charge in [0.05, 0.1) is 5.56 Å². The monoisotopic (exact) mass is 242 g/mol. The van der Waals surface area contributed by atoms with E-state index in [0.29, 0.717) is 0 Å². The van der Waals surface area contributed by atoms with Gasteiger partial charge in [-0.05, 0) is 31.7 Å². The molecule has 1 aromatic heterocycles. The van der Waals surface area contributed by atoms with Gasteiger partial charge in [0.25, 0.3) is 5.91 Å². The molecule has 94 valence electrons. The van der Waals surface area contributed by atoms with Crippen molar-refractivity contribution in [2.45, 2.75) is 38.1 Å². The van der Waals surface area contributed by atoms with Crippen molar-refractivity contribution in [3.63, 3.8) is 0 Å². The third-order valence-corrected chi connectivity index (χ3v) is 4.20. The second kappa shape index (κ2) is 4.16. The van der Waals surface area contributed by atoms with E-state index in [-0.39, 0.29) is 11.4 Å². The molecule has 0 atom stereocenters. The van der Waals surface area contributed by atoms with Crippen LogP contribution < -0.4 is 5.32 Å². The molecule has 1 amide bonds. The Bertz CT molecular complexity index is 575.